The zero-order chi connectivity index (χ0) is 20.5. The summed E-state index contributed by atoms with van der Waals surface area (Å²) in [6.07, 6.45) is 2.89. The molecular weight excluding hydrogens is 398 g/mol. The maximum Gasteiger partial charge on any atom is 0.266 e. The van der Waals surface area contributed by atoms with Crippen LogP contribution >= 0.6 is 24.0 Å². The first-order valence-electron chi connectivity index (χ1n) is 9.90. The molecule has 0 bridgehead atoms. The van der Waals surface area contributed by atoms with Crippen molar-refractivity contribution < 1.29 is 4.79 Å². The smallest absolute Gasteiger partial charge is 0.266 e. The molecular formula is C23H25N3OS2. The van der Waals surface area contributed by atoms with Crippen molar-refractivity contribution >= 4 is 62.1 Å². The fourth-order valence-corrected chi connectivity index (χ4v) is 5.20. The van der Waals surface area contributed by atoms with Gasteiger partial charge in [0.15, 0.2) is 0 Å². The molecule has 1 aliphatic heterocycles. The van der Waals surface area contributed by atoms with Gasteiger partial charge in [0.25, 0.3) is 5.91 Å². The Morgan fingerprint density at radius 2 is 1.86 bits per heavy atom. The largest absolute Gasteiger partial charge is 0.341 e. The van der Waals surface area contributed by atoms with Crippen LogP contribution in [0, 0.1) is 0 Å². The molecule has 0 saturated carbocycles. The molecule has 0 N–H and O–H groups in total. The van der Waals surface area contributed by atoms with Crippen LogP contribution in [0.25, 0.3) is 27.9 Å². The molecule has 1 saturated heterocycles. The van der Waals surface area contributed by atoms with Crippen molar-refractivity contribution in [3.8, 4) is 0 Å². The highest BCUT2D eigenvalue weighted by Crippen LogP contribution is 2.34. The Hall–Kier alpha value is -2.15. The van der Waals surface area contributed by atoms with Gasteiger partial charge in [0.1, 0.15) is 4.32 Å². The lowest BCUT2D eigenvalue weighted by molar-refractivity contribution is -0.122. The molecule has 0 radical (unpaired) electrons. The third-order valence-electron chi connectivity index (χ3n) is 5.27. The Labute approximate surface area is 181 Å². The number of carbonyl (C=O) groups excluding carboxylic acids is 1. The number of aromatic nitrogens is 1. The number of aryl methyl sites for hydroxylation is 1. The number of fused-ring (bicyclic) bond motifs is 3. The van der Waals surface area contributed by atoms with Crippen molar-refractivity contribution in [2.45, 2.75) is 19.9 Å². The first-order chi connectivity index (χ1) is 14.0. The third-order valence-corrected chi connectivity index (χ3v) is 6.65. The van der Waals surface area contributed by atoms with Gasteiger partial charge in [-0.15, -0.1) is 0 Å². The molecule has 150 valence electrons. The Morgan fingerprint density at radius 3 is 2.62 bits per heavy atom. The van der Waals surface area contributed by atoms with E-state index in [1.165, 1.54) is 33.6 Å². The van der Waals surface area contributed by atoms with Crippen molar-refractivity contribution in [1.82, 2.24) is 14.4 Å². The molecule has 1 fully saturated rings. The highest BCUT2D eigenvalue weighted by atomic mass is 32.2. The zero-order valence-corrected chi connectivity index (χ0v) is 18.6. The van der Waals surface area contributed by atoms with Crippen LogP contribution in [0.2, 0.25) is 0 Å². The molecule has 3 aromatic rings. The number of benzene rings is 2. The van der Waals surface area contributed by atoms with Gasteiger partial charge in [-0.2, -0.15) is 0 Å². The van der Waals surface area contributed by atoms with Crippen LogP contribution in [-0.2, 0) is 11.3 Å². The predicted molar refractivity (Wildman–Crippen MR) is 128 cm³/mol. The average molecular weight is 424 g/mol. The second-order valence-corrected chi connectivity index (χ2v) is 9.20. The van der Waals surface area contributed by atoms with Gasteiger partial charge in [0.05, 0.1) is 4.91 Å². The Morgan fingerprint density at radius 1 is 1.10 bits per heavy atom. The zero-order valence-electron chi connectivity index (χ0n) is 17.0. The fourth-order valence-electron chi connectivity index (χ4n) is 3.89. The first kappa shape index (κ1) is 20.1. The van der Waals surface area contributed by atoms with Crippen LogP contribution in [0.5, 0.6) is 0 Å². The van der Waals surface area contributed by atoms with E-state index in [1.807, 2.05) is 20.2 Å². The Balaban J connectivity index is 1.65. The number of rotatable bonds is 6. The molecule has 6 heteroatoms. The van der Waals surface area contributed by atoms with Gasteiger partial charge in [0, 0.05) is 34.9 Å². The van der Waals surface area contributed by atoms with Crippen molar-refractivity contribution in [3.63, 3.8) is 0 Å². The molecule has 0 spiro atoms. The quantitative estimate of drug-likeness (QED) is 0.414. The number of amides is 1. The van der Waals surface area contributed by atoms with E-state index in [1.54, 1.807) is 4.90 Å². The lowest BCUT2D eigenvalue weighted by Crippen LogP contribution is -2.30. The molecule has 0 atom stereocenters. The average Bonchev–Trinajstić information content (AvgIpc) is 3.16. The summed E-state index contributed by atoms with van der Waals surface area (Å²) in [4.78, 5) is 17.4. The summed E-state index contributed by atoms with van der Waals surface area (Å²) in [7, 11) is 4.08. The molecule has 4 rings (SSSR count). The maximum absolute atomic E-state index is 12.9. The number of carbonyl (C=O) groups is 1. The van der Waals surface area contributed by atoms with Gasteiger partial charge in [-0.05, 0) is 63.8 Å². The molecule has 2 aromatic carbocycles. The molecule has 2 heterocycles. The standard InChI is InChI=1S/C23H25N3OS2/c1-4-25-19-9-6-5-8-17(19)18-14-16(10-11-20(18)25)15-21-22(27)26(23(28)29-21)13-7-12-24(2)3/h5-6,8-11,14-15H,4,7,12-13H2,1-3H3. The van der Waals surface area contributed by atoms with Crippen LogP contribution < -0.4 is 0 Å². The maximum atomic E-state index is 12.9. The van der Waals surface area contributed by atoms with E-state index >= 15 is 0 Å². The van der Waals surface area contributed by atoms with Crippen LogP contribution in [0.3, 0.4) is 0 Å². The first-order valence-corrected chi connectivity index (χ1v) is 11.1. The highest BCUT2D eigenvalue weighted by molar-refractivity contribution is 8.26. The minimum Gasteiger partial charge on any atom is -0.341 e. The Bertz CT molecular complexity index is 1130. The second kappa shape index (κ2) is 8.30. The van der Waals surface area contributed by atoms with Crippen molar-refractivity contribution in [1.29, 1.82) is 0 Å². The molecule has 29 heavy (non-hydrogen) atoms. The monoisotopic (exact) mass is 423 g/mol. The number of para-hydroxylation sites is 1. The predicted octanol–water partition coefficient (Wildman–Crippen LogP) is 4.97. The van der Waals surface area contributed by atoms with E-state index in [2.05, 4.69) is 58.9 Å². The third kappa shape index (κ3) is 3.84. The van der Waals surface area contributed by atoms with Gasteiger partial charge in [-0.3, -0.25) is 9.69 Å². The summed E-state index contributed by atoms with van der Waals surface area (Å²) >= 11 is 6.86. The van der Waals surface area contributed by atoms with Crippen LogP contribution in [-0.4, -0.2) is 51.8 Å². The SMILES string of the molecule is CCn1c2ccccc2c2cc(C=C3SC(=S)N(CCCN(C)C)C3=O)ccc21. The molecule has 0 unspecified atom stereocenters. The van der Waals surface area contributed by atoms with Gasteiger partial charge in [0.2, 0.25) is 0 Å². The van der Waals surface area contributed by atoms with Crippen LogP contribution in [0.4, 0.5) is 0 Å². The Kier molecular flexibility index (Phi) is 5.76. The fraction of sp³-hybridized carbons (Fsp3) is 0.304. The summed E-state index contributed by atoms with van der Waals surface area (Å²) in [6, 6.07) is 14.9. The van der Waals surface area contributed by atoms with Crippen molar-refractivity contribution in [3.05, 3.63) is 52.9 Å². The minimum atomic E-state index is 0.0230. The minimum absolute atomic E-state index is 0.0230. The van der Waals surface area contributed by atoms with Crippen molar-refractivity contribution in [2.24, 2.45) is 0 Å². The van der Waals surface area contributed by atoms with Gasteiger partial charge >= 0.3 is 0 Å². The summed E-state index contributed by atoms with van der Waals surface area (Å²) in [6.45, 7) is 4.70. The van der Waals surface area contributed by atoms with Crippen molar-refractivity contribution in [2.75, 3.05) is 27.2 Å². The van der Waals surface area contributed by atoms with E-state index in [9.17, 15) is 4.79 Å². The molecule has 4 nitrogen and oxygen atoms in total. The molecule has 1 aliphatic rings. The van der Waals surface area contributed by atoms with Crippen LogP contribution in [0.1, 0.15) is 18.9 Å². The van der Waals surface area contributed by atoms with E-state index in [0.717, 1.165) is 25.1 Å². The summed E-state index contributed by atoms with van der Waals surface area (Å²) in [5.41, 5.74) is 3.50. The molecule has 1 aromatic heterocycles. The summed E-state index contributed by atoms with van der Waals surface area (Å²) in [5.74, 6) is 0.0230. The number of thioether (sulfide) groups is 1. The van der Waals surface area contributed by atoms with E-state index < -0.39 is 0 Å². The normalized spacial score (nSPS) is 16.3. The number of nitrogens with zero attached hydrogens (tertiary/aromatic N) is 3. The van der Waals surface area contributed by atoms with E-state index in [-0.39, 0.29) is 5.91 Å². The summed E-state index contributed by atoms with van der Waals surface area (Å²) in [5, 5.41) is 2.47. The number of hydrogen-bond acceptors (Lipinski definition) is 4. The molecule has 0 aliphatic carbocycles. The number of hydrogen-bond donors (Lipinski definition) is 0. The second-order valence-electron chi connectivity index (χ2n) is 7.53. The van der Waals surface area contributed by atoms with E-state index in [4.69, 9.17) is 12.2 Å². The van der Waals surface area contributed by atoms with Gasteiger partial charge < -0.3 is 9.47 Å². The topological polar surface area (TPSA) is 28.5 Å². The van der Waals surface area contributed by atoms with Gasteiger partial charge in [-0.1, -0.05) is 48.2 Å². The lowest BCUT2D eigenvalue weighted by Gasteiger charge is -2.16. The van der Waals surface area contributed by atoms with Gasteiger partial charge in [-0.25, -0.2) is 0 Å². The highest BCUT2D eigenvalue weighted by Gasteiger charge is 2.31. The molecule has 1 amide bonds. The number of thiocarbonyl (C=S) groups is 1. The van der Waals surface area contributed by atoms with E-state index in [0.29, 0.717) is 15.8 Å². The lowest BCUT2D eigenvalue weighted by atomic mass is 10.1. The van der Waals surface area contributed by atoms with Crippen LogP contribution in [0.15, 0.2) is 47.4 Å². The summed E-state index contributed by atoms with van der Waals surface area (Å²) < 4.78 is 2.99.